The normalized spacial score (nSPS) is 12.9. The molecule has 0 aliphatic carbocycles. The van der Waals surface area contributed by atoms with E-state index in [4.69, 9.17) is 16.3 Å². The average molecular weight is 285 g/mol. The van der Waals surface area contributed by atoms with Gasteiger partial charge in [-0.15, -0.1) is 11.6 Å². The number of aromatic nitrogens is 2. The van der Waals surface area contributed by atoms with E-state index in [1.54, 1.807) is 6.07 Å². The van der Waals surface area contributed by atoms with Crippen LogP contribution in [0.1, 0.15) is 38.6 Å². The summed E-state index contributed by atoms with van der Waals surface area (Å²) in [5, 5.41) is 0. The first-order chi connectivity index (χ1) is 9.12. The van der Waals surface area contributed by atoms with Gasteiger partial charge in [-0.05, 0) is 13.3 Å². The van der Waals surface area contributed by atoms with Gasteiger partial charge in [0.2, 0.25) is 0 Å². The summed E-state index contributed by atoms with van der Waals surface area (Å²) in [7, 11) is 1.46. The highest BCUT2D eigenvalue weighted by Crippen LogP contribution is 2.29. The molecule has 1 heterocycles. The van der Waals surface area contributed by atoms with Gasteiger partial charge in [-0.2, -0.15) is 0 Å². The third-order valence-corrected chi connectivity index (χ3v) is 3.54. The molecule has 2 aromatic rings. The summed E-state index contributed by atoms with van der Waals surface area (Å²) in [5.41, 5.74) is 1.49. The molecule has 0 amide bonds. The Morgan fingerprint density at radius 3 is 2.79 bits per heavy atom. The number of benzene rings is 1. The van der Waals surface area contributed by atoms with E-state index in [-0.39, 0.29) is 11.8 Å². The van der Waals surface area contributed by atoms with Gasteiger partial charge in [0.1, 0.15) is 5.82 Å². The van der Waals surface area contributed by atoms with Gasteiger partial charge in [0.05, 0.1) is 24.0 Å². The molecule has 1 aromatic carbocycles. The fraction of sp³-hybridized carbons (Fsp3) is 0.500. The van der Waals surface area contributed by atoms with Crippen molar-refractivity contribution >= 4 is 22.6 Å². The van der Waals surface area contributed by atoms with E-state index in [2.05, 4.69) is 23.4 Å². The summed E-state index contributed by atoms with van der Waals surface area (Å²) < 4.78 is 20.8. The maximum Gasteiger partial charge on any atom is 0.167 e. The van der Waals surface area contributed by atoms with E-state index < -0.39 is 5.82 Å². The smallest absolute Gasteiger partial charge is 0.167 e. The Bertz CT molecular complexity index is 582. The maximum atomic E-state index is 13.7. The van der Waals surface area contributed by atoms with E-state index in [1.807, 2.05) is 0 Å². The monoisotopic (exact) mass is 284 g/mol. The molecule has 0 N–H and O–H groups in total. The lowest BCUT2D eigenvalue weighted by atomic mass is 10.2. The largest absolute Gasteiger partial charge is 0.494 e. The Hall–Kier alpha value is -1.29. The van der Waals surface area contributed by atoms with Crippen molar-refractivity contribution in [1.82, 2.24) is 9.55 Å². The predicted octanol–water partition coefficient (Wildman–Crippen LogP) is 4.28. The molecule has 5 heteroatoms. The second kappa shape index (κ2) is 5.78. The molecule has 0 fully saturated rings. The third kappa shape index (κ3) is 2.54. The number of hydrogen-bond acceptors (Lipinski definition) is 2. The van der Waals surface area contributed by atoms with Gasteiger partial charge < -0.3 is 9.30 Å². The van der Waals surface area contributed by atoms with Gasteiger partial charge in [-0.25, -0.2) is 9.37 Å². The minimum atomic E-state index is -0.399. The molecule has 104 valence electrons. The minimum absolute atomic E-state index is 0.235. The number of nitrogens with zero attached hydrogens (tertiary/aromatic N) is 2. The average Bonchev–Trinajstić information content (AvgIpc) is 2.75. The Kier molecular flexibility index (Phi) is 4.30. The summed E-state index contributed by atoms with van der Waals surface area (Å²) in [5.74, 6) is 0.916. The molecule has 0 saturated heterocycles. The van der Waals surface area contributed by atoms with Crippen molar-refractivity contribution in [3.8, 4) is 5.75 Å². The Balaban J connectivity index is 2.64. The molecule has 2 rings (SSSR count). The first-order valence-electron chi connectivity index (χ1n) is 6.42. The minimum Gasteiger partial charge on any atom is -0.494 e. The number of halogens is 2. The predicted molar refractivity (Wildman–Crippen MR) is 75.4 cm³/mol. The topological polar surface area (TPSA) is 27.1 Å². The zero-order valence-corrected chi connectivity index (χ0v) is 12.2. The standard InChI is InChI=1S/C14H18ClFN2O/c1-4-5-9(2)18-12-7-13(19-3)10(16)6-11(12)17-14(18)8-15/h6-7,9H,4-5,8H2,1-3H3. The van der Waals surface area contributed by atoms with E-state index in [1.165, 1.54) is 13.2 Å². The number of methoxy groups -OCH3 is 1. The van der Waals surface area contributed by atoms with Crippen molar-refractivity contribution in [3.05, 3.63) is 23.8 Å². The van der Waals surface area contributed by atoms with E-state index in [0.29, 0.717) is 11.4 Å². The van der Waals surface area contributed by atoms with Crippen LogP contribution in [0.2, 0.25) is 0 Å². The lowest BCUT2D eigenvalue weighted by Gasteiger charge is -2.16. The van der Waals surface area contributed by atoms with Crippen molar-refractivity contribution < 1.29 is 9.13 Å². The molecule has 0 saturated carbocycles. The molecule has 0 bridgehead atoms. The SMILES string of the molecule is CCCC(C)n1c(CCl)nc2cc(F)c(OC)cc21. The van der Waals surface area contributed by atoms with Crippen LogP contribution < -0.4 is 4.74 Å². The highest BCUT2D eigenvalue weighted by Gasteiger charge is 2.17. The zero-order chi connectivity index (χ0) is 14.0. The maximum absolute atomic E-state index is 13.7. The quantitative estimate of drug-likeness (QED) is 0.766. The van der Waals surface area contributed by atoms with Crippen molar-refractivity contribution in [2.24, 2.45) is 0 Å². The second-order valence-electron chi connectivity index (χ2n) is 4.64. The van der Waals surface area contributed by atoms with Gasteiger partial charge >= 0.3 is 0 Å². The van der Waals surface area contributed by atoms with Crippen molar-refractivity contribution in [2.45, 2.75) is 38.6 Å². The van der Waals surface area contributed by atoms with Gasteiger partial charge in [0.15, 0.2) is 11.6 Å². The Morgan fingerprint density at radius 2 is 2.21 bits per heavy atom. The molecule has 1 atom stereocenters. The molecule has 1 unspecified atom stereocenters. The molecule has 19 heavy (non-hydrogen) atoms. The lowest BCUT2D eigenvalue weighted by molar-refractivity contribution is 0.387. The Morgan fingerprint density at radius 1 is 1.47 bits per heavy atom. The lowest BCUT2D eigenvalue weighted by Crippen LogP contribution is -2.08. The molecular formula is C14H18ClFN2O. The number of imidazole rings is 1. The van der Waals surface area contributed by atoms with Crippen LogP contribution in [0.15, 0.2) is 12.1 Å². The number of hydrogen-bond donors (Lipinski definition) is 0. The first kappa shape index (κ1) is 14.1. The van der Waals surface area contributed by atoms with E-state index in [0.717, 1.165) is 24.2 Å². The third-order valence-electron chi connectivity index (χ3n) is 3.30. The van der Waals surface area contributed by atoms with Crippen molar-refractivity contribution in [3.63, 3.8) is 0 Å². The van der Waals surface area contributed by atoms with Crippen molar-refractivity contribution in [1.29, 1.82) is 0 Å². The van der Waals surface area contributed by atoms with Crippen LogP contribution in [0, 0.1) is 5.82 Å². The Labute approximate surface area is 117 Å². The highest BCUT2D eigenvalue weighted by atomic mass is 35.5. The summed E-state index contributed by atoms with van der Waals surface area (Å²) in [4.78, 5) is 4.41. The summed E-state index contributed by atoms with van der Waals surface area (Å²) in [6.45, 7) is 4.26. The molecule has 0 aliphatic heterocycles. The summed E-state index contributed by atoms with van der Waals surface area (Å²) in [6, 6.07) is 3.37. The van der Waals surface area contributed by atoms with Gasteiger partial charge in [-0.3, -0.25) is 0 Å². The fourth-order valence-electron chi connectivity index (χ4n) is 2.44. The summed E-state index contributed by atoms with van der Waals surface area (Å²) >= 11 is 5.95. The number of rotatable bonds is 5. The van der Waals surface area contributed by atoms with Crippen LogP contribution in [0.25, 0.3) is 11.0 Å². The molecule has 0 radical (unpaired) electrons. The van der Waals surface area contributed by atoms with Crippen molar-refractivity contribution in [2.75, 3.05) is 7.11 Å². The van der Waals surface area contributed by atoms with Crippen LogP contribution >= 0.6 is 11.6 Å². The molecule has 0 spiro atoms. The van der Waals surface area contributed by atoms with Crippen LogP contribution in [0.3, 0.4) is 0 Å². The number of fused-ring (bicyclic) bond motifs is 1. The molecule has 1 aromatic heterocycles. The van der Waals surface area contributed by atoms with Gasteiger partial charge in [0, 0.05) is 18.2 Å². The fourth-order valence-corrected chi connectivity index (χ4v) is 2.62. The van der Waals surface area contributed by atoms with Crippen LogP contribution in [-0.4, -0.2) is 16.7 Å². The van der Waals surface area contributed by atoms with E-state index in [9.17, 15) is 4.39 Å². The molecule has 0 aliphatic rings. The van der Waals surface area contributed by atoms with Crippen LogP contribution in [-0.2, 0) is 5.88 Å². The summed E-state index contributed by atoms with van der Waals surface area (Å²) in [6.07, 6.45) is 2.09. The highest BCUT2D eigenvalue weighted by molar-refractivity contribution is 6.16. The first-order valence-corrected chi connectivity index (χ1v) is 6.96. The van der Waals surface area contributed by atoms with Crippen LogP contribution in [0.5, 0.6) is 5.75 Å². The number of ether oxygens (including phenoxy) is 1. The van der Waals surface area contributed by atoms with E-state index >= 15 is 0 Å². The number of alkyl halides is 1. The molecule has 3 nitrogen and oxygen atoms in total. The zero-order valence-electron chi connectivity index (χ0n) is 11.4. The van der Waals surface area contributed by atoms with Gasteiger partial charge in [-0.1, -0.05) is 13.3 Å². The second-order valence-corrected chi connectivity index (χ2v) is 4.91. The molecular weight excluding hydrogens is 267 g/mol. The van der Waals surface area contributed by atoms with Gasteiger partial charge in [0.25, 0.3) is 0 Å². The van der Waals surface area contributed by atoms with Crippen LogP contribution in [0.4, 0.5) is 4.39 Å².